The third-order valence-corrected chi connectivity index (χ3v) is 11.2. The molecule has 52 heavy (non-hydrogen) atoms. The largest absolute Gasteiger partial charge is 0.456 e. The first-order valence-corrected chi connectivity index (χ1v) is 17.8. The fourth-order valence-corrected chi connectivity index (χ4v) is 8.86. The molecule has 2 aromatic heterocycles. The van der Waals surface area contributed by atoms with Gasteiger partial charge in [0.25, 0.3) is 0 Å². The van der Waals surface area contributed by atoms with E-state index >= 15 is 0 Å². The zero-order valence-electron chi connectivity index (χ0n) is 28.0. The van der Waals surface area contributed by atoms with Crippen molar-refractivity contribution in [1.82, 2.24) is 0 Å². The fraction of sp³-hybridized carbons (Fsp3) is 0. The Kier molecular flexibility index (Phi) is 5.53. The number of hydrogen-bond acceptors (Lipinski definition) is 2. The Labute approximate surface area is 298 Å². The number of para-hydroxylation sites is 1. The van der Waals surface area contributed by atoms with E-state index in [1.807, 2.05) is 12.1 Å². The first-order valence-electron chi connectivity index (χ1n) is 17.8. The highest BCUT2D eigenvalue weighted by Crippen LogP contribution is 2.47. The second kappa shape index (κ2) is 10.3. The number of rotatable bonds is 3. The fourth-order valence-electron chi connectivity index (χ4n) is 8.86. The van der Waals surface area contributed by atoms with Crippen LogP contribution in [0.4, 0.5) is 0 Å². The molecule has 0 aliphatic heterocycles. The van der Waals surface area contributed by atoms with E-state index in [1.54, 1.807) is 0 Å². The van der Waals surface area contributed by atoms with Crippen LogP contribution in [0.1, 0.15) is 0 Å². The SMILES string of the molecule is c1cc(-c2ccc(-c3ccc4ccc5cccc6ccc3c4c56)c3c2oc2cc4ccccc4cc23)cc(-c2cccc3oc4ccccc4c23)c1. The van der Waals surface area contributed by atoms with Crippen molar-refractivity contribution in [3.63, 3.8) is 0 Å². The molecule has 240 valence electrons. The predicted molar refractivity (Wildman–Crippen MR) is 219 cm³/mol. The van der Waals surface area contributed by atoms with Gasteiger partial charge < -0.3 is 8.83 Å². The van der Waals surface area contributed by atoms with Gasteiger partial charge in [0, 0.05) is 27.1 Å². The summed E-state index contributed by atoms with van der Waals surface area (Å²) in [6.45, 7) is 0. The van der Waals surface area contributed by atoms with E-state index in [4.69, 9.17) is 8.83 Å². The summed E-state index contributed by atoms with van der Waals surface area (Å²) < 4.78 is 13.2. The zero-order valence-corrected chi connectivity index (χ0v) is 28.0. The standard InChI is InChI=1S/C50H28O2/c1-2-9-33-28-45-42(27-32(33)8-1)49-40(38-22-20-31-19-18-29-10-5-11-30-21-23-39(38)47(31)46(29)30)25-24-37(50(49)52-45)35-13-6-12-34(26-35)36-15-7-17-44-48(36)41-14-3-4-16-43(41)51-44/h1-28H. The van der Waals surface area contributed by atoms with Crippen LogP contribution in [0.2, 0.25) is 0 Å². The first kappa shape index (κ1) is 27.9. The normalized spacial score (nSPS) is 12.2. The second-order valence-corrected chi connectivity index (χ2v) is 14.0. The Hall–Kier alpha value is -6.90. The molecule has 0 radical (unpaired) electrons. The van der Waals surface area contributed by atoms with Crippen LogP contribution in [-0.2, 0) is 0 Å². The molecule has 0 fully saturated rings. The van der Waals surface area contributed by atoms with E-state index in [2.05, 4.69) is 158 Å². The summed E-state index contributed by atoms with van der Waals surface area (Å²) in [4.78, 5) is 0. The van der Waals surface area contributed by atoms with Crippen molar-refractivity contribution in [2.75, 3.05) is 0 Å². The van der Waals surface area contributed by atoms with E-state index in [9.17, 15) is 0 Å². The van der Waals surface area contributed by atoms with Gasteiger partial charge in [-0.3, -0.25) is 0 Å². The maximum absolute atomic E-state index is 6.98. The van der Waals surface area contributed by atoms with Gasteiger partial charge >= 0.3 is 0 Å². The van der Waals surface area contributed by atoms with Crippen molar-refractivity contribution in [1.29, 1.82) is 0 Å². The van der Waals surface area contributed by atoms with Crippen molar-refractivity contribution in [2.24, 2.45) is 0 Å². The molecular weight excluding hydrogens is 633 g/mol. The average molecular weight is 661 g/mol. The van der Waals surface area contributed by atoms with Gasteiger partial charge in [-0.05, 0) is 107 Å². The molecule has 12 rings (SSSR count). The van der Waals surface area contributed by atoms with Gasteiger partial charge in [0.15, 0.2) is 0 Å². The minimum Gasteiger partial charge on any atom is -0.456 e. The van der Waals surface area contributed by atoms with Crippen molar-refractivity contribution in [3.05, 3.63) is 170 Å². The van der Waals surface area contributed by atoms with Gasteiger partial charge in [0.1, 0.15) is 22.3 Å². The lowest BCUT2D eigenvalue weighted by molar-refractivity contribution is 0.669. The summed E-state index contributed by atoms with van der Waals surface area (Å²) in [6, 6.07) is 61.4. The number of benzene rings is 10. The molecule has 0 atom stereocenters. The maximum atomic E-state index is 6.98. The van der Waals surface area contributed by atoms with Crippen molar-refractivity contribution in [2.45, 2.75) is 0 Å². The van der Waals surface area contributed by atoms with Crippen molar-refractivity contribution in [3.8, 4) is 33.4 Å². The molecule has 12 aromatic rings. The third kappa shape index (κ3) is 3.84. The summed E-state index contributed by atoms with van der Waals surface area (Å²) in [5.74, 6) is 0. The lowest BCUT2D eigenvalue weighted by Crippen LogP contribution is -1.89. The molecule has 0 saturated carbocycles. The van der Waals surface area contributed by atoms with Crippen LogP contribution in [-0.4, -0.2) is 0 Å². The molecule has 0 unspecified atom stereocenters. The molecular formula is C50H28O2. The quantitative estimate of drug-likeness (QED) is 0.176. The Bertz CT molecular complexity index is 3400. The van der Waals surface area contributed by atoms with Crippen LogP contribution >= 0.6 is 0 Å². The number of furan rings is 2. The smallest absolute Gasteiger partial charge is 0.143 e. The highest BCUT2D eigenvalue weighted by atomic mass is 16.3. The average Bonchev–Trinajstić information content (AvgIpc) is 3.77. The lowest BCUT2D eigenvalue weighted by Gasteiger charge is -2.15. The molecule has 0 saturated heterocycles. The molecule has 2 heteroatoms. The molecule has 0 aliphatic rings. The zero-order chi connectivity index (χ0) is 33.9. The highest BCUT2D eigenvalue weighted by Gasteiger charge is 2.21. The van der Waals surface area contributed by atoms with Crippen LogP contribution in [0.3, 0.4) is 0 Å². The van der Waals surface area contributed by atoms with E-state index < -0.39 is 0 Å². The monoisotopic (exact) mass is 660 g/mol. The molecule has 2 heterocycles. The minimum atomic E-state index is 0.894. The van der Waals surface area contributed by atoms with E-state index in [1.165, 1.54) is 54.2 Å². The first-order chi connectivity index (χ1) is 25.8. The van der Waals surface area contributed by atoms with Gasteiger partial charge in [-0.1, -0.05) is 133 Å². The summed E-state index contributed by atoms with van der Waals surface area (Å²) >= 11 is 0. The van der Waals surface area contributed by atoms with Gasteiger partial charge in [-0.25, -0.2) is 0 Å². The van der Waals surface area contributed by atoms with Crippen LogP contribution < -0.4 is 0 Å². The third-order valence-electron chi connectivity index (χ3n) is 11.2. The summed E-state index contributed by atoms with van der Waals surface area (Å²) in [5, 5.41) is 14.6. The Morgan fingerprint density at radius 2 is 0.904 bits per heavy atom. The molecule has 0 spiro atoms. The van der Waals surface area contributed by atoms with E-state index in [0.29, 0.717) is 0 Å². The topological polar surface area (TPSA) is 26.3 Å². The Morgan fingerprint density at radius 1 is 0.269 bits per heavy atom. The van der Waals surface area contributed by atoms with Gasteiger partial charge in [0.2, 0.25) is 0 Å². The minimum absolute atomic E-state index is 0.894. The van der Waals surface area contributed by atoms with Gasteiger partial charge in [-0.15, -0.1) is 0 Å². The van der Waals surface area contributed by atoms with Crippen molar-refractivity contribution >= 4 is 87.0 Å². The van der Waals surface area contributed by atoms with E-state index in [0.717, 1.165) is 66.1 Å². The van der Waals surface area contributed by atoms with Crippen LogP contribution in [0.5, 0.6) is 0 Å². The molecule has 2 nitrogen and oxygen atoms in total. The van der Waals surface area contributed by atoms with E-state index in [-0.39, 0.29) is 0 Å². The molecule has 0 N–H and O–H groups in total. The van der Waals surface area contributed by atoms with Crippen molar-refractivity contribution < 1.29 is 8.83 Å². The predicted octanol–water partition coefficient (Wildman–Crippen LogP) is 14.5. The maximum Gasteiger partial charge on any atom is 0.143 e. The lowest BCUT2D eigenvalue weighted by atomic mass is 9.87. The molecule has 0 bridgehead atoms. The van der Waals surface area contributed by atoms with Gasteiger partial charge in [0.05, 0.1) is 0 Å². The van der Waals surface area contributed by atoms with Crippen LogP contribution in [0.15, 0.2) is 179 Å². The number of hydrogen-bond donors (Lipinski definition) is 0. The Balaban J connectivity index is 1.14. The van der Waals surface area contributed by atoms with Gasteiger partial charge in [-0.2, -0.15) is 0 Å². The number of fused-ring (bicyclic) bond motifs is 7. The summed E-state index contributed by atoms with van der Waals surface area (Å²) in [5.41, 5.74) is 10.5. The molecule has 10 aromatic carbocycles. The van der Waals surface area contributed by atoms with Crippen LogP contribution in [0, 0.1) is 0 Å². The Morgan fingerprint density at radius 3 is 1.79 bits per heavy atom. The van der Waals surface area contributed by atoms with Crippen LogP contribution in [0.25, 0.3) is 120 Å². The highest BCUT2D eigenvalue weighted by molar-refractivity contribution is 6.28. The molecule has 0 amide bonds. The summed E-state index contributed by atoms with van der Waals surface area (Å²) in [6.07, 6.45) is 0. The summed E-state index contributed by atoms with van der Waals surface area (Å²) in [7, 11) is 0. The molecule has 0 aliphatic carbocycles. The second-order valence-electron chi connectivity index (χ2n) is 14.0.